The summed E-state index contributed by atoms with van der Waals surface area (Å²) in [5.41, 5.74) is 5.63. The largest absolute Gasteiger partial charge is 0.384 e. The fraction of sp³-hybridized carbons (Fsp3) is 0.538. The van der Waals surface area contributed by atoms with Crippen molar-refractivity contribution in [3.8, 4) is 6.07 Å². The molecule has 0 bridgehead atoms. The number of anilines is 1. The van der Waals surface area contributed by atoms with Gasteiger partial charge in [-0.1, -0.05) is 11.8 Å². The van der Waals surface area contributed by atoms with Crippen molar-refractivity contribution in [2.24, 2.45) is 5.92 Å². The lowest BCUT2D eigenvalue weighted by Crippen LogP contribution is -2.47. The monoisotopic (exact) mass is 291 g/mol. The molecule has 2 rings (SSSR count). The Hall–Kier alpha value is -1.81. The summed E-state index contributed by atoms with van der Waals surface area (Å²) in [5, 5.41) is 12.5. The van der Waals surface area contributed by atoms with Gasteiger partial charge in [0.25, 0.3) is 0 Å². The van der Waals surface area contributed by atoms with Gasteiger partial charge in [0.05, 0.1) is 11.8 Å². The molecule has 0 saturated heterocycles. The molecule has 1 heterocycles. The number of nitriles is 1. The van der Waals surface area contributed by atoms with Gasteiger partial charge in [-0.05, 0) is 32.6 Å². The predicted molar refractivity (Wildman–Crippen MR) is 76.8 cm³/mol. The van der Waals surface area contributed by atoms with Crippen molar-refractivity contribution in [1.29, 1.82) is 5.26 Å². The number of amides is 1. The number of thioether (sulfide) groups is 1. The van der Waals surface area contributed by atoms with Gasteiger partial charge in [-0.3, -0.25) is 4.79 Å². The van der Waals surface area contributed by atoms with E-state index < -0.39 is 5.54 Å². The molecule has 1 aromatic heterocycles. The number of hydrogen-bond acceptors (Lipinski definition) is 6. The van der Waals surface area contributed by atoms with Gasteiger partial charge >= 0.3 is 0 Å². The van der Waals surface area contributed by atoms with E-state index in [-0.39, 0.29) is 17.6 Å². The maximum atomic E-state index is 11.9. The first kappa shape index (κ1) is 14.6. The number of nitrogens with two attached hydrogens (primary N) is 1. The molecule has 20 heavy (non-hydrogen) atoms. The van der Waals surface area contributed by atoms with E-state index in [9.17, 15) is 10.1 Å². The summed E-state index contributed by atoms with van der Waals surface area (Å²) >= 11 is 1.22. The summed E-state index contributed by atoms with van der Waals surface area (Å²) in [6.07, 6.45) is 1.99. The van der Waals surface area contributed by atoms with Crippen molar-refractivity contribution >= 4 is 23.5 Å². The Labute approximate surface area is 122 Å². The zero-order valence-electron chi connectivity index (χ0n) is 11.5. The molecule has 1 fully saturated rings. The van der Waals surface area contributed by atoms with Gasteiger partial charge < -0.3 is 11.1 Å². The smallest absolute Gasteiger partial charge is 0.231 e. The first-order valence-corrected chi connectivity index (χ1v) is 7.38. The number of nitrogen functional groups attached to an aromatic ring is 1. The van der Waals surface area contributed by atoms with Crippen LogP contribution in [0.15, 0.2) is 11.2 Å². The van der Waals surface area contributed by atoms with Crippen LogP contribution in [0.3, 0.4) is 0 Å². The van der Waals surface area contributed by atoms with Crippen molar-refractivity contribution in [3.63, 3.8) is 0 Å². The number of hydrogen-bond donors (Lipinski definition) is 2. The minimum absolute atomic E-state index is 0.173. The van der Waals surface area contributed by atoms with Crippen molar-refractivity contribution in [1.82, 2.24) is 15.3 Å². The minimum Gasteiger partial charge on any atom is -0.384 e. The number of aromatic nitrogens is 2. The number of nitrogens with zero attached hydrogens (tertiary/aromatic N) is 3. The molecule has 0 spiro atoms. The first-order valence-electron chi connectivity index (χ1n) is 6.39. The van der Waals surface area contributed by atoms with E-state index in [0.29, 0.717) is 11.0 Å². The molecule has 6 nitrogen and oxygen atoms in total. The highest BCUT2D eigenvalue weighted by Crippen LogP contribution is 2.39. The Balaban J connectivity index is 1.90. The molecule has 1 aliphatic rings. The van der Waals surface area contributed by atoms with Gasteiger partial charge in [0.1, 0.15) is 11.4 Å². The lowest BCUT2D eigenvalue weighted by molar-refractivity contribution is -0.119. The number of carbonyl (C=O) groups excluding carboxylic acids is 1. The van der Waals surface area contributed by atoms with Crippen LogP contribution in [0.5, 0.6) is 0 Å². The molecule has 1 saturated carbocycles. The van der Waals surface area contributed by atoms with E-state index in [4.69, 9.17) is 5.73 Å². The quantitative estimate of drug-likeness (QED) is 0.625. The highest BCUT2D eigenvalue weighted by Gasteiger charge is 2.42. The summed E-state index contributed by atoms with van der Waals surface area (Å²) in [5.74, 6) is 0.648. The highest BCUT2D eigenvalue weighted by molar-refractivity contribution is 7.99. The van der Waals surface area contributed by atoms with Crippen LogP contribution in [0.25, 0.3) is 0 Å². The molecule has 0 aliphatic heterocycles. The standard InChI is InChI=1S/C13H17N5OS/c1-8-5-10(15)17-12(16-8)20-6-11(19)18-13(2,7-14)9-3-4-9/h5,9H,3-4,6H2,1-2H3,(H,18,19)(H2,15,16,17). The van der Waals surface area contributed by atoms with Crippen LogP contribution in [-0.4, -0.2) is 27.2 Å². The van der Waals surface area contributed by atoms with Crippen LogP contribution in [0, 0.1) is 24.2 Å². The summed E-state index contributed by atoms with van der Waals surface area (Å²) in [6, 6.07) is 3.87. The lowest BCUT2D eigenvalue weighted by atomic mass is 9.98. The van der Waals surface area contributed by atoms with E-state index in [0.717, 1.165) is 18.5 Å². The average molecular weight is 291 g/mol. The molecule has 1 aromatic rings. The molecule has 1 atom stereocenters. The Morgan fingerprint density at radius 1 is 1.65 bits per heavy atom. The molecule has 1 aliphatic carbocycles. The van der Waals surface area contributed by atoms with Crippen LogP contribution in [-0.2, 0) is 4.79 Å². The van der Waals surface area contributed by atoms with Gasteiger partial charge in [0.2, 0.25) is 5.91 Å². The van der Waals surface area contributed by atoms with Crippen LogP contribution in [0.1, 0.15) is 25.5 Å². The minimum atomic E-state index is -0.760. The second kappa shape index (κ2) is 5.67. The zero-order chi connectivity index (χ0) is 14.8. The number of nitrogens with one attached hydrogen (secondary N) is 1. The summed E-state index contributed by atoms with van der Waals surface area (Å²) in [7, 11) is 0. The molecule has 0 radical (unpaired) electrons. The van der Waals surface area contributed by atoms with Crippen molar-refractivity contribution in [2.75, 3.05) is 11.5 Å². The summed E-state index contributed by atoms with van der Waals surface area (Å²) in [4.78, 5) is 20.2. The zero-order valence-corrected chi connectivity index (χ0v) is 12.3. The lowest BCUT2D eigenvalue weighted by Gasteiger charge is -2.22. The number of aryl methyl sites for hydroxylation is 1. The SMILES string of the molecule is Cc1cc(N)nc(SCC(=O)NC(C)(C#N)C2CC2)n1. The Kier molecular flexibility index (Phi) is 4.14. The van der Waals surface area contributed by atoms with Crippen molar-refractivity contribution < 1.29 is 4.79 Å². The van der Waals surface area contributed by atoms with Gasteiger partial charge in [-0.15, -0.1) is 0 Å². The van der Waals surface area contributed by atoms with E-state index >= 15 is 0 Å². The fourth-order valence-electron chi connectivity index (χ4n) is 1.97. The van der Waals surface area contributed by atoms with E-state index in [2.05, 4.69) is 21.4 Å². The van der Waals surface area contributed by atoms with E-state index in [1.807, 2.05) is 6.92 Å². The number of rotatable bonds is 5. The van der Waals surface area contributed by atoms with Crippen LogP contribution in [0.4, 0.5) is 5.82 Å². The van der Waals surface area contributed by atoms with Gasteiger partial charge in [0.15, 0.2) is 5.16 Å². The topological polar surface area (TPSA) is 105 Å². The third-order valence-electron chi connectivity index (χ3n) is 3.21. The molecule has 7 heteroatoms. The highest BCUT2D eigenvalue weighted by atomic mass is 32.2. The Morgan fingerprint density at radius 3 is 2.90 bits per heavy atom. The second-order valence-corrected chi connectivity index (χ2v) is 6.08. The molecular formula is C13H17N5OS. The third-order valence-corrected chi connectivity index (χ3v) is 4.06. The average Bonchev–Trinajstić information content (AvgIpc) is 3.19. The molecule has 3 N–H and O–H groups in total. The molecule has 0 aromatic carbocycles. The summed E-state index contributed by atoms with van der Waals surface area (Å²) < 4.78 is 0. The Bertz CT molecular complexity index is 546. The fourth-order valence-corrected chi connectivity index (χ4v) is 2.68. The number of carbonyl (C=O) groups is 1. The Morgan fingerprint density at radius 2 is 2.35 bits per heavy atom. The van der Waals surface area contributed by atoms with E-state index in [1.54, 1.807) is 13.0 Å². The predicted octanol–water partition coefficient (Wildman–Crippen LogP) is 1.27. The van der Waals surface area contributed by atoms with Gasteiger partial charge in [-0.25, -0.2) is 9.97 Å². The molecule has 1 unspecified atom stereocenters. The van der Waals surface area contributed by atoms with Gasteiger partial charge in [0, 0.05) is 11.8 Å². The molecule has 106 valence electrons. The maximum Gasteiger partial charge on any atom is 0.231 e. The third kappa shape index (κ3) is 3.61. The normalized spacial score (nSPS) is 17.1. The maximum absolute atomic E-state index is 11.9. The van der Waals surface area contributed by atoms with Crippen LogP contribution >= 0.6 is 11.8 Å². The van der Waals surface area contributed by atoms with Crippen molar-refractivity contribution in [3.05, 3.63) is 11.8 Å². The van der Waals surface area contributed by atoms with Crippen LogP contribution < -0.4 is 11.1 Å². The summed E-state index contributed by atoms with van der Waals surface area (Å²) in [6.45, 7) is 3.59. The second-order valence-electron chi connectivity index (χ2n) is 5.14. The van der Waals surface area contributed by atoms with E-state index in [1.165, 1.54) is 11.8 Å². The molecule has 1 amide bonds. The van der Waals surface area contributed by atoms with Crippen molar-refractivity contribution in [2.45, 2.75) is 37.4 Å². The van der Waals surface area contributed by atoms with Crippen LogP contribution in [0.2, 0.25) is 0 Å². The first-order chi connectivity index (χ1) is 9.43. The van der Waals surface area contributed by atoms with Gasteiger partial charge in [-0.2, -0.15) is 5.26 Å². The molecular weight excluding hydrogens is 274 g/mol.